The minimum Gasteiger partial charge on any atom is -0.459 e. The fourth-order valence-electron chi connectivity index (χ4n) is 1.07. The fourth-order valence-corrected chi connectivity index (χ4v) is 1.32. The molecule has 0 spiro atoms. The van der Waals surface area contributed by atoms with Gasteiger partial charge in [-0.1, -0.05) is 0 Å². The highest BCUT2D eigenvalue weighted by Gasteiger charge is 2.27. The molecule has 0 aromatic heterocycles. The SMILES string of the molecule is CC(C)(C)NC(CS)C(=O)OC(C)(C)C. The first kappa shape index (κ1) is 14.8. The predicted molar refractivity (Wildman–Crippen MR) is 66.4 cm³/mol. The number of thiol groups is 1. The Morgan fingerprint density at radius 3 is 2.00 bits per heavy atom. The highest BCUT2D eigenvalue weighted by Crippen LogP contribution is 2.11. The molecule has 0 rings (SSSR count). The average Bonchev–Trinajstić information content (AvgIpc) is 1.94. The van der Waals surface area contributed by atoms with E-state index < -0.39 is 5.60 Å². The maximum atomic E-state index is 11.7. The number of ether oxygens (including phenoxy) is 1. The van der Waals surface area contributed by atoms with Crippen LogP contribution in [0.4, 0.5) is 0 Å². The van der Waals surface area contributed by atoms with Gasteiger partial charge < -0.3 is 4.74 Å². The first-order chi connectivity index (χ1) is 6.55. The van der Waals surface area contributed by atoms with Crippen LogP contribution in [-0.2, 0) is 9.53 Å². The van der Waals surface area contributed by atoms with Crippen LogP contribution >= 0.6 is 12.6 Å². The normalized spacial score (nSPS) is 14.9. The Hall–Kier alpha value is -0.220. The lowest BCUT2D eigenvalue weighted by molar-refractivity contribution is -0.157. The topological polar surface area (TPSA) is 38.3 Å². The molecule has 0 radical (unpaired) electrons. The summed E-state index contributed by atoms with van der Waals surface area (Å²) < 4.78 is 5.29. The van der Waals surface area contributed by atoms with Gasteiger partial charge in [-0.05, 0) is 41.5 Å². The predicted octanol–water partition coefficient (Wildman–Crippen LogP) is 2.01. The average molecular weight is 233 g/mol. The molecule has 0 aliphatic carbocycles. The van der Waals surface area contributed by atoms with Crippen molar-refractivity contribution >= 4 is 18.6 Å². The molecule has 0 aromatic carbocycles. The van der Waals surface area contributed by atoms with E-state index in [1.807, 2.05) is 41.5 Å². The Morgan fingerprint density at radius 2 is 1.73 bits per heavy atom. The third kappa shape index (κ3) is 7.68. The smallest absolute Gasteiger partial charge is 0.324 e. The van der Waals surface area contributed by atoms with E-state index in [2.05, 4.69) is 17.9 Å². The molecule has 0 bridgehead atoms. The van der Waals surface area contributed by atoms with E-state index in [4.69, 9.17) is 4.74 Å². The Balaban J connectivity index is 4.36. The van der Waals surface area contributed by atoms with Crippen molar-refractivity contribution < 1.29 is 9.53 Å². The van der Waals surface area contributed by atoms with Gasteiger partial charge in [-0.15, -0.1) is 0 Å². The molecule has 0 saturated carbocycles. The third-order valence-electron chi connectivity index (χ3n) is 1.48. The summed E-state index contributed by atoms with van der Waals surface area (Å²) in [5, 5.41) is 3.18. The van der Waals surface area contributed by atoms with Gasteiger partial charge >= 0.3 is 5.97 Å². The molecule has 15 heavy (non-hydrogen) atoms. The van der Waals surface area contributed by atoms with Crippen LogP contribution in [0.3, 0.4) is 0 Å². The van der Waals surface area contributed by atoms with E-state index in [0.29, 0.717) is 5.75 Å². The van der Waals surface area contributed by atoms with Crippen molar-refractivity contribution in [3.8, 4) is 0 Å². The molecule has 0 aliphatic rings. The van der Waals surface area contributed by atoms with Crippen LogP contribution in [-0.4, -0.2) is 28.9 Å². The zero-order chi connectivity index (χ0) is 12.3. The Labute approximate surface area is 98.4 Å². The highest BCUT2D eigenvalue weighted by molar-refractivity contribution is 7.80. The molecule has 0 fully saturated rings. The summed E-state index contributed by atoms with van der Waals surface area (Å²) >= 11 is 4.15. The van der Waals surface area contributed by atoms with Gasteiger partial charge in [0, 0.05) is 11.3 Å². The van der Waals surface area contributed by atoms with Gasteiger partial charge in [-0.3, -0.25) is 10.1 Å². The molecule has 1 unspecified atom stereocenters. The maximum Gasteiger partial charge on any atom is 0.324 e. The van der Waals surface area contributed by atoms with E-state index in [9.17, 15) is 4.79 Å². The van der Waals surface area contributed by atoms with Crippen molar-refractivity contribution in [3.63, 3.8) is 0 Å². The molecular formula is C11H23NO2S. The molecule has 0 aromatic rings. The molecule has 0 aliphatic heterocycles. The van der Waals surface area contributed by atoms with Crippen LogP contribution in [0.25, 0.3) is 0 Å². The van der Waals surface area contributed by atoms with Crippen LogP contribution in [0.15, 0.2) is 0 Å². The second kappa shape index (κ2) is 5.21. The monoisotopic (exact) mass is 233 g/mol. The van der Waals surface area contributed by atoms with Crippen LogP contribution in [0, 0.1) is 0 Å². The Bertz CT molecular complexity index is 216. The van der Waals surface area contributed by atoms with Crippen LogP contribution in [0.1, 0.15) is 41.5 Å². The summed E-state index contributed by atoms with van der Waals surface area (Å²) in [6, 6.07) is -0.354. The summed E-state index contributed by atoms with van der Waals surface area (Å²) in [5.41, 5.74) is -0.567. The van der Waals surface area contributed by atoms with Crippen molar-refractivity contribution in [1.82, 2.24) is 5.32 Å². The standard InChI is InChI=1S/C11H23NO2S/c1-10(2,3)12-8(7-15)9(13)14-11(4,5)6/h8,12,15H,7H2,1-6H3. The highest BCUT2D eigenvalue weighted by atomic mass is 32.1. The van der Waals surface area contributed by atoms with E-state index in [0.717, 1.165) is 0 Å². The van der Waals surface area contributed by atoms with Crippen LogP contribution in [0.5, 0.6) is 0 Å². The van der Waals surface area contributed by atoms with E-state index in [-0.39, 0.29) is 17.6 Å². The van der Waals surface area contributed by atoms with Crippen molar-refractivity contribution in [2.24, 2.45) is 0 Å². The molecule has 0 saturated heterocycles. The van der Waals surface area contributed by atoms with Gasteiger partial charge in [0.05, 0.1) is 0 Å². The maximum absolute atomic E-state index is 11.7. The van der Waals surface area contributed by atoms with E-state index in [1.165, 1.54) is 0 Å². The summed E-state index contributed by atoms with van der Waals surface area (Å²) in [6.07, 6.45) is 0. The number of carbonyl (C=O) groups is 1. The minimum absolute atomic E-state index is 0.121. The lowest BCUT2D eigenvalue weighted by atomic mass is 10.1. The number of hydrogen-bond donors (Lipinski definition) is 2. The zero-order valence-electron chi connectivity index (χ0n) is 10.5. The van der Waals surface area contributed by atoms with Gasteiger partial charge in [0.1, 0.15) is 11.6 Å². The quantitative estimate of drug-likeness (QED) is 0.578. The van der Waals surface area contributed by atoms with E-state index >= 15 is 0 Å². The molecule has 1 N–H and O–H groups in total. The molecule has 0 heterocycles. The first-order valence-electron chi connectivity index (χ1n) is 5.16. The molecule has 1 atom stereocenters. The van der Waals surface area contributed by atoms with Gasteiger partial charge in [-0.2, -0.15) is 12.6 Å². The van der Waals surface area contributed by atoms with Crippen molar-refractivity contribution in [3.05, 3.63) is 0 Å². The third-order valence-corrected chi connectivity index (χ3v) is 1.85. The second-order valence-corrected chi connectivity index (χ2v) is 6.03. The first-order valence-corrected chi connectivity index (χ1v) is 5.80. The number of carbonyl (C=O) groups excluding carboxylic acids is 1. The van der Waals surface area contributed by atoms with Gasteiger partial charge in [0.25, 0.3) is 0 Å². The van der Waals surface area contributed by atoms with Crippen LogP contribution in [0.2, 0.25) is 0 Å². The Morgan fingerprint density at radius 1 is 1.27 bits per heavy atom. The van der Waals surface area contributed by atoms with Crippen molar-refractivity contribution in [2.45, 2.75) is 58.7 Å². The lowest BCUT2D eigenvalue weighted by Gasteiger charge is -2.29. The Kier molecular flexibility index (Phi) is 5.14. The summed E-state index contributed by atoms with van der Waals surface area (Å²) in [6.45, 7) is 11.6. The second-order valence-electron chi connectivity index (χ2n) is 5.66. The number of nitrogens with one attached hydrogen (secondary N) is 1. The molecular weight excluding hydrogens is 210 g/mol. The zero-order valence-corrected chi connectivity index (χ0v) is 11.4. The van der Waals surface area contributed by atoms with Crippen LogP contribution < -0.4 is 5.32 Å². The largest absolute Gasteiger partial charge is 0.459 e. The van der Waals surface area contributed by atoms with Gasteiger partial charge in [0.2, 0.25) is 0 Å². The van der Waals surface area contributed by atoms with E-state index in [1.54, 1.807) is 0 Å². The number of esters is 1. The van der Waals surface area contributed by atoms with Crippen molar-refractivity contribution in [1.29, 1.82) is 0 Å². The number of hydrogen-bond acceptors (Lipinski definition) is 4. The fraction of sp³-hybridized carbons (Fsp3) is 0.909. The summed E-state index contributed by atoms with van der Waals surface area (Å²) in [7, 11) is 0. The lowest BCUT2D eigenvalue weighted by Crippen LogP contribution is -2.50. The molecule has 0 amide bonds. The minimum atomic E-state index is -0.447. The number of rotatable bonds is 3. The summed E-state index contributed by atoms with van der Waals surface area (Å²) in [5.74, 6) is 0.194. The van der Waals surface area contributed by atoms with Gasteiger partial charge in [0.15, 0.2) is 0 Å². The molecule has 90 valence electrons. The van der Waals surface area contributed by atoms with Gasteiger partial charge in [-0.25, -0.2) is 0 Å². The summed E-state index contributed by atoms with van der Waals surface area (Å²) in [4.78, 5) is 11.7. The molecule has 3 nitrogen and oxygen atoms in total. The van der Waals surface area contributed by atoms with Crippen molar-refractivity contribution in [2.75, 3.05) is 5.75 Å². The molecule has 4 heteroatoms.